The van der Waals surface area contributed by atoms with Gasteiger partial charge in [0.2, 0.25) is 0 Å². The second-order valence-corrected chi connectivity index (χ2v) is 7.37. The number of rotatable bonds is 9. The van der Waals surface area contributed by atoms with Crippen LogP contribution >= 0.6 is 8.86 Å². The summed E-state index contributed by atoms with van der Waals surface area (Å²) in [4.78, 5) is 30.7. The van der Waals surface area contributed by atoms with E-state index in [1.807, 2.05) is 4.98 Å². The first kappa shape index (κ1) is 27.1. The van der Waals surface area contributed by atoms with Crippen LogP contribution in [-0.4, -0.2) is 39.6 Å². The van der Waals surface area contributed by atoms with Crippen molar-refractivity contribution in [3.8, 4) is 5.75 Å². The summed E-state index contributed by atoms with van der Waals surface area (Å²) < 4.78 is 87.9. The van der Waals surface area contributed by atoms with Gasteiger partial charge in [-0.25, -0.2) is 18.0 Å². The van der Waals surface area contributed by atoms with E-state index in [9.17, 15) is 35.9 Å². The molecule has 0 aliphatic rings. The minimum atomic E-state index is -4.77. The van der Waals surface area contributed by atoms with E-state index >= 15 is 0 Å². The predicted molar refractivity (Wildman–Crippen MR) is 114 cm³/mol. The molecule has 0 aliphatic heterocycles. The average Bonchev–Trinajstić information content (AvgIpc) is 2.72. The van der Waals surface area contributed by atoms with E-state index in [-0.39, 0.29) is 16.6 Å². The van der Waals surface area contributed by atoms with Crippen LogP contribution in [0.3, 0.4) is 0 Å². The molecule has 2 N–H and O–H groups in total. The summed E-state index contributed by atoms with van der Waals surface area (Å²) >= 11 is 0. The minimum absolute atomic E-state index is 0.0508. The van der Waals surface area contributed by atoms with E-state index in [1.165, 1.54) is 12.2 Å². The highest BCUT2D eigenvalue weighted by Crippen LogP contribution is 2.30. The molecule has 0 fully saturated rings. The molecule has 0 amide bonds. The van der Waals surface area contributed by atoms with Crippen LogP contribution in [0.15, 0.2) is 45.3 Å². The largest absolute Gasteiger partial charge is 0.481 e. The molecule has 1 atom stereocenters. The molecular weight excluding hydrogens is 491 g/mol. The molecule has 0 saturated carbocycles. The quantitative estimate of drug-likeness (QED) is 0.300. The summed E-state index contributed by atoms with van der Waals surface area (Å²) in [6.07, 6.45) is -5.89. The third-order valence-electron chi connectivity index (χ3n) is 4.06. The number of alkyl halides is 5. The van der Waals surface area contributed by atoms with Crippen LogP contribution in [0.4, 0.5) is 26.3 Å². The van der Waals surface area contributed by atoms with Crippen molar-refractivity contribution in [3.63, 3.8) is 0 Å². The van der Waals surface area contributed by atoms with Crippen molar-refractivity contribution in [2.24, 2.45) is 0 Å². The summed E-state index contributed by atoms with van der Waals surface area (Å²) in [7, 11) is 3.09. The average molecular weight is 509 g/mol. The minimum Gasteiger partial charge on any atom is -0.481 e. The topological polar surface area (TPSA) is 97.1 Å². The van der Waals surface area contributed by atoms with Crippen LogP contribution in [-0.2, 0) is 4.74 Å². The van der Waals surface area contributed by atoms with Crippen molar-refractivity contribution in [2.75, 3.05) is 6.61 Å². The fourth-order valence-electron chi connectivity index (χ4n) is 2.48. The Balaban J connectivity index is 2.30. The fraction of sp³-hybridized carbons (Fsp3) is 0.300. The molecular formula is C20H18F6N3O4P. The van der Waals surface area contributed by atoms with Gasteiger partial charge in [-0.05, 0) is 19.9 Å². The molecule has 2 aromatic heterocycles. The molecule has 2 rings (SSSR count). The third-order valence-corrected chi connectivity index (χ3v) is 4.45. The second-order valence-electron chi connectivity index (χ2n) is 6.92. The lowest BCUT2D eigenvalue weighted by atomic mass is 10.1. The van der Waals surface area contributed by atoms with Crippen LogP contribution in [0.25, 0.3) is 6.08 Å². The monoisotopic (exact) mass is 509 g/mol. The van der Waals surface area contributed by atoms with Gasteiger partial charge in [-0.15, -0.1) is 0 Å². The van der Waals surface area contributed by atoms with Crippen LogP contribution in [0.1, 0.15) is 31.2 Å². The number of nitrogens with zero attached hydrogens (tertiary/aromatic N) is 1. The lowest BCUT2D eigenvalue weighted by Crippen LogP contribution is -2.23. The van der Waals surface area contributed by atoms with Gasteiger partial charge in [0.1, 0.15) is 5.48 Å². The maximum Gasteiger partial charge on any atom is 0.422 e. The molecule has 2 heterocycles. The van der Waals surface area contributed by atoms with Gasteiger partial charge in [0.25, 0.3) is 12.0 Å². The highest BCUT2D eigenvalue weighted by Gasteiger charge is 2.31. The standard InChI is InChI=1S/C20H18F6N3O4P/c1-9(2)11(4-3-10-6-28-19(31)29-17(10)30)18(34)33-15(16(22)23)13-5-14(12(21)7-27-13)32-8-20(24,25)26/h3-7,15-16,34H,8H2,1-2H3,(H2,28,29,30,31). The number of aromatic nitrogens is 3. The Bertz CT molecular complexity index is 1220. The van der Waals surface area contributed by atoms with Gasteiger partial charge in [0.15, 0.2) is 24.3 Å². The van der Waals surface area contributed by atoms with Gasteiger partial charge in [-0.2, -0.15) is 13.2 Å². The first-order valence-corrected chi connectivity index (χ1v) is 9.84. The molecule has 0 spiro atoms. The number of halogens is 6. The van der Waals surface area contributed by atoms with Crippen LogP contribution in [0.5, 0.6) is 5.75 Å². The van der Waals surface area contributed by atoms with Gasteiger partial charge in [-0.1, -0.05) is 20.5 Å². The number of hydrogen-bond acceptors (Lipinski definition) is 5. The van der Waals surface area contributed by atoms with E-state index in [0.29, 0.717) is 17.8 Å². The molecule has 0 aromatic carbocycles. The number of hydrogen-bond donors (Lipinski definition) is 2. The Hall–Kier alpha value is -3.18. The molecule has 184 valence electrons. The molecule has 0 saturated heterocycles. The van der Waals surface area contributed by atoms with Crippen LogP contribution in [0, 0.1) is 5.82 Å². The third kappa shape index (κ3) is 7.70. The van der Waals surface area contributed by atoms with Crippen molar-refractivity contribution < 1.29 is 35.8 Å². The summed E-state index contributed by atoms with van der Waals surface area (Å²) in [5.74, 6) is -2.20. The molecule has 0 aliphatic carbocycles. The molecule has 0 bridgehead atoms. The molecule has 2 aromatic rings. The number of pyridine rings is 1. The zero-order valence-corrected chi connectivity index (χ0v) is 18.6. The number of allylic oxidation sites excluding steroid dienone is 1. The van der Waals surface area contributed by atoms with Crippen LogP contribution < -0.4 is 16.0 Å². The van der Waals surface area contributed by atoms with Crippen LogP contribution in [0.2, 0.25) is 0 Å². The Kier molecular flexibility index (Phi) is 9.00. The summed E-state index contributed by atoms with van der Waals surface area (Å²) in [6, 6.07) is 0.593. The van der Waals surface area contributed by atoms with Gasteiger partial charge in [0.05, 0.1) is 17.5 Å². The Labute approximate surface area is 190 Å². The Morgan fingerprint density at radius 1 is 1.26 bits per heavy atom. The van der Waals surface area contributed by atoms with E-state index in [0.717, 1.165) is 6.20 Å². The van der Waals surface area contributed by atoms with Crippen molar-refractivity contribution in [2.45, 2.75) is 32.6 Å². The summed E-state index contributed by atoms with van der Waals surface area (Å²) in [5, 5.41) is 0. The molecule has 34 heavy (non-hydrogen) atoms. The Morgan fingerprint density at radius 3 is 2.50 bits per heavy atom. The molecule has 1 unspecified atom stereocenters. The number of ether oxygens (including phenoxy) is 2. The first-order valence-electron chi connectivity index (χ1n) is 9.34. The molecule has 0 radical (unpaired) electrons. The van der Waals surface area contributed by atoms with Crippen molar-refractivity contribution in [3.05, 3.63) is 73.6 Å². The van der Waals surface area contributed by atoms with Gasteiger partial charge in [0, 0.05) is 17.8 Å². The van der Waals surface area contributed by atoms with Gasteiger partial charge in [-0.3, -0.25) is 14.8 Å². The van der Waals surface area contributed by atoms with E-state index in [2.05, 4.69) is 23.6 Å². The fourth-order valence-corrected chi connectivity index (χ4v) is 2.94. The summed E-state index contributed by atoms with van der Waals surface area (Å²) in [5.41, 5.74) is -1.40. The number of nitrogens with one attached hydrogen (secondary N) is 2. The van der Waals surface area contributed by atoms with Crippen molar-refractivity contribution in [1.82, 2.24) is 15.0 Å². The van der Waals surface area contributed by atoms with Gasteiger partial charge < -0.3 is 14.5 Å². The highest BCUT2D eigenvalue weighted by atomic mass is 31.0. The SMILES string of the molecule is CC(C)=C(C=Cc1c[nH]c(=O)[nH]c1=O)C(=P)OC(c1cc(OCC(F)(F)F)c(F)cn1)C(F)F. The Morgan fingerprint density at radius 2 is 1.94 bits per heavy atom. The predicted octanol–water partition coefficient (Wildman–Crippen LogP) is 4.18. The van der Waals surface area contributed by atoms with Crippen molar-refractivity contribution >= 4 is 20.4 Å². The highest BCUT2D eigenvalue weighted by molar-refractivity contribution is 7.21. The number of aromatic amines is 2. The second kappa shape index (κ2) is 11.3. The zero-order chi connectivity index (χ0) is 25.6. The van der Waals surface area contributed by atoms with E-state index in [4.69, 9.17) is 4.74 Å². The zero-order valence-electron chi connectivity index (χ0n) is 17.6. The molecule has 14 heteroatoms. The first-order chi connectivity index (χ1) is 15.8. The van der Waals surface area contributed by atoms with E-state index in [1.54, 1.807) is 13.8 Å². The normalized spacial score (nSPS) is 12.7. The smallest absolute Gasteiger partial charge is 0.422 e. The van der Waals surface area contributed by atoms with E-state index < -0.39 is 53.8 Å². The lowest BCUT2D eigenvalue weighted by Gasteiger charge is -2.20. The van der Waals surface area contributed by atoms with Crippen molar-refractivity contribution in [1.29, 1.82) is 0 Å². The molecule has 7 nitrogen and oxygen atoms in total. The van der Waals surface area contributed by atoms with Gasteiger partial charge >= 0.3 is 11.9 Å². The maximum atomic E-state index is 13.8. The summed E-state index contributed by atoms with van der Waals surface area (Å²) in [6.45, 7) is 1.38. The number of H-pyrrole nitrogens is 2. The lowest BCUT2D eigenvalue weighted by molar-refractivity contribution is -0.153. The maximum absolute atomic E-state index is 13.8.